The molecule has 0 aliphatic rings. The van der Waals surface area contributed by atoms with Gasteiger partial charge in [-0.3, -0.25) is 14.3 Å². The van der Waals surface area contributed by atoms with E-state index in [9.17, 15) is 19.5 Å². The highest BCUT2D eigenvalue weighted by Crippen LogP contribution is 2.41. The molecule has 8 heteroatoms. The minimum atomic E-state index is -0.669. The van der Waals surface area contributed by atoms with Gasteiger partial charge in [-0.25, -0.2) is 4.79 Å². The molecule has 3 N–H and O–H groups in total. The average molecular weight is 502 g/mol. The Morgan fingerprint density at radius 3 is 2.49 bits per heavy atom. The Kier molecular flexibility index (Phi) is 7.31. The highest BCUT2D eigenvalue weighted by Gasteiger charge is 2.27. The molecule has 1 aromatic heterocycles. The van der Waals surface area contributed by atoms with Crippen LogP contribution in [0.25, 0.3) is 27.6 Å². The van der Waals surface area contributed by atoms with Crippen LogP contribution in [0.5, 0.6) is 5.75 Å². The van der Waals surface area contributed by atoms with E-state index in [-0.39, 0.29) is 12.5 Å². The van der Waals surface area contributed by atoms with Gasteiger partial charge >= 0.3 is 5.69 Å². The van der Waals surface area contributed by atoms with Crippen molar-refractivity contribution in [2.75, 3.05) is 25.6 Å². The number of H-pyrrole nitrogens is 1. The molecule has 37 heavy (non-hydrogen) atoms. The predicted molar refractivity (Wildman–Crippen MR) is 146 cm³/mol. The van der Waals surface area contributed by atoms with Crippen LogP contribution in [-0.2, 0) is 10.2 Å². The monoisotopic (exact) mass is 501 g/mol. The van der Waals surface area contributed by atoms with E-state index in [0.29, 0.717) is 18.0 Å². The van der Waals surface area contributed by atoms with Gasteiger partial charge in [-0.05, 0) is 46.7 Å². The first-order valence-electron chi connectivity index (χ1n) is 12.1. The fraction of sp³-hybridized carbons (Fsp3) is 0.276. The number of carbonyl (C=O) groups is 1. The molecular formula is C29H31N3O5. The third-order valence-corrected chi connectivity index (χ3v) is 6.52. The van der Waals surface area contributed by atoms with Crippen molar-refractivity contribution in [2.24, 2.45) is 5.92 Å². The molecule has 0 radical (unpaired) electrons. The van der Waals surface area contributed by atoms with E-state index in [1.165, 1.54) is 16.8 Å². The van der Waals surface area contributed by atoms with Gasteiger partial charge in [0.1, 0.15) is 12.0 Å². The maximum atomic E-state index is 12.6. The first-order valence-corrected chi connectivity index (χ1v) is 12.1. The van der Waals surface area contributed by atoms with Gasteiger partial charge in [-0.1, -0.05) is 39.0 Å². The van der Waals surface area contributed by atoms with E-state index in [4.69, 9.17) is 4.74 Å². The maximum absolute atomic E-state index is 12.6. The zero-order valence-electron chi connectivity index (χ0n) is 21.4. The lowest BCUT2D eigenvalue weighted by Crippen LogP contribution is -2.28. The van der Waals surface area contributed by atoms with Crippen LogP contribution in [0.1, 0.15) is 26.3 Å². The quantitative estimate of drug-likeness (QED) is 0.300. The lowest BCUT2D eigenvalue weighted by Gasteiger charge is -2.27. The minimum absolute atomic E-state index is 0.0786. The first kappa shape index (κ1) is 25.9. The molecule has 0 aliphatic carbocycles. The molecule has 4 rings (SSSR count). The Balaban J connectivity index is 1.88. The number of benzene rings is 3. The predicted octanol–water partition coefficient (Wildman–Crippen LogP) is 3.87. The number of methoxy groups -OCH3 is 1. The summed E-state index contributed by atoms with van der Waals surface area (Å²) in [7, 11) is 1.58. The Bertz CT molecular complexity index is 1570. The standard InChI is InChI=1S/C29H31N3O5/c1-18(16-33)15-30-22-8-7-19-11-21(6-5-20(19)12-22)24-13-23(32-10-9-26(35)31-28(32)36)14-25(27(24)37-4)29(2,3)17-34/h5-14,16,18,30,34H,15,17H2,1-4H3,(H,31,35,36)/t18-/m0/s1. The molecule has 1 atom stereocenters. The summed E-state index contributed by atoms with van der Waals surface area (Å²) >= 11 is 0. The topological polar surface area (TPSA) is 113 Å². The largest absolute Gasteiger partial charge is 0.496 e. The van der Waals surface area contributed by atoms with Crippen LogP contribution < -0.4 is 21.3 Å². The van der Waals surface area contributed by atoms with Gasteiger partial charge in [-0.15, -0.1) is 0 Å². The van der Waals surface area contributed by atoms with Crippen molar-refractivity contribution in [1.82, 2.24) is 9.55 Å². The number of carbonyl (C=O) groups excluding carboxylic acids is 1. The lowest BCUT2D eigenvalue weighted by atomic mass is 9.82. The first-order chi connectivity index (χ1) is 17.7. The van der Waals surface area contributed by atoms with E-state index in [1.54, 1.807) is 13.2 Å². The Hall–Kier alpha value is -4.17. The van der Waals surface area contributed by atoms with Crippen LogP contribution in [0.15, 0.2) is 70.4 Å². The number of hydrogen-bond acceptors (Lipinski definition) is 6. The Morgan fingerprint density at radius 2 is 1.81 bits per heavy atom. The van der Waals surface area contributed by atoms with Crippen LogP contribution in [0.4, 0.5) is 5.69 Å². The summed E-state index contributed by atoms with van der Waals surface area (Å²) in [5, 5.41) is 15.5. The summed E-state index contributed by atoms with van der Waals surface area (Å²) < 4.78 is 7.22. The second-order valence-corrected chi connectivity index (χ2v) is 9.87. The molecule has 0 saturated heterocycles. The summed E-state index contributed by atoms with van der Waals surface area (Å²) in [6, 6.07) is 17.0. The molecular weight excluding hydrogens is 470 g/mol. The number of rotatable bonds is 9. The van der Waals surface area contributed by atoms with Crippen LogP contribution in [-0.4, -0.2) is 41.2 Å². The zero-order chi connectivity index (χ0) is 26.7. The van der Waals surface area contributed by atoms with Crippen LogP contribution in [0, 0.1) is 5.92 Å². The third kappa shape index (κ3) is 5.34. The van der Waals surface area contributed by atoms with Crippen molar-refractivity contribution in [3.05, 3.63) is 87.2 Å². The van der Waals surface area contributed by atoms with E-state index < -0.39 is 16.7 Å². The molecule has 1 heterocycles. The number of aliphatic hydroxyl groups excluding tert-OH is 1. The number of anilines is 1. The highest BCUT2D eigenvalue weighted by atomic mass is 16.5. The Labute approximate surface area is 214 Å². The van der Waals surface area contributed by atoms with Gasteiger partial charge < -0.3 is 20.0 Å². The van der Waals surface area contributed by atoms with E-state index in [1.807, 2.05) is 63.2 Å². The number of aromatic amines is 1. The van der Waals surface area contributed by atoms with Crippen LogP contribution in [0.3, 0.4) is 0 Å². The number of aliphatic hydroxyl groups is 1. The number of aldehydes is 1. The molecule has 3 aromatic carbocycles. The fourth-order valence-electron chi connectivity index (χ4n) is 4.25. The molecule has 8 nitrogen and oxygen atoms in total. The van der Waals surface area contributed by atoms with Gasteiger partial charge in [-0.2, -0.15) is 0 Å². The highest BCUT2D eigenvalue weighted by molar-refractivity contribution is 5.91. The molecule has 0 bridgehead atoms. The molecule has 0 aliphatic heterocycles. The second-order valence-electron chi connectivity index (χ2n) is 9.87. The SMILES string of the molecule is COc1c(-c2ccc3cc(NC[C@H](C)C=O)ccc3c2)cc(-n2ccc(=O)[nH]c2=O)cc1C(C)(C)CO. The van der Waals surface area contributed by atoms with Crippen molar-refractivity contribution in [3.8, 4) is 22.6 Å². The summed E-state index contributed by atoms with van der Waals surface area (Å²) in [6.07, 6.45) is 2.36. The number of hydrogen-bond donors (Lipinski definition) is 3. The van der Waals surface area contributed by atoms with Gasteiger partial charge in [0, 0.05) is 47.0 Å². The minimum Gasteiger partial charge on any atom is -0.496 e. The molecule has 0 unspecified atom stereocenters. The zero-order valence-corrected chi connectivity index (χ0v) is 21.4. The van der Waals surface area contributed by atoms with Crippen molar-refractivity contribution in [3.63, 3.8) is 0 Å². The molecule has 0 saturated carbocycles. The van der Waals surface area contributed by atoms with Crippen molar-refractivity contribution in [2.45, 2.75) is 26.2 Å². The number of nitrogens with zero attached hydrogens (tertiary/aromatic N) is 1. The average Bonchev–Trinajstić information content (AvgIpc) is 2.90. The van der Waals surface area contributed by atoms with Crippen LogP contribution in [0.2, 0.25) is 0 Å². The van der Waals surface area contributed by atoms with Gasteiger partial charge in [0.05, 0.1) is 19.4 Å². The summed E-state index contributed by atoms with van der Waals surface area (Å²) in [4.78, 5) is 37.4. The van der Waals surface area contributed by atoms with Crippen LogP contribution >= 0.6 is 0 Å². The van der Waals surface area contributed by atoms with Crippen molar-refractivity contribution in [1.29, 1.82) is 0 Å². The van der Waals surface area contributed by atoms with E-state index in [0.717, 1.165) is 39.4 Å². The summed E-state index contributed by atoms with van der Waals surface area (Å²) in [5.41, 5.74) is 2.11. The normalized spacial score (nSPS) is 12.4. The molecule has 0 fully saturated rings. The Morgan fingerprint density at radius 1 is 1.08 bits per heavy atom. The van der Waals surface area contributed by atoms with Gasteiger partial charge in [0.2, 0.25) is 0 Å². The van der Waals surface area contributed by atoms with Crippen molar-refractivity contribution >= 4 is 22.7 Å². The maximum Gasteiger partial charge on any atom is 0.332 e. The number of aromatic nitrogens is 2. The third-order valence-electron chi connectivity index (χ3n) is 6.52. The summed E-state index contributed by atoms with van der Waals surface area (Å²) in [5.74, 6) is 0.519. The second kappa shape index (κ2) is 10.4. The number of nitrogens with one attached hydrogen (secondary N) is 2. The molecule has 0 amide bonds. The number of ether oxygens (including phenoxy) is 1. The number of fused-ring (bicyclic) bond motifs is 1. The molecule has 0 spiro atoms. The molecule has 4 aromatic rings. The van der Waals surface area contributed by atoms with Gasteiger partial charge in [0.15, 0.2) is 0 Å². The summed E-state index contributed by atoms with van der Waals surface area (Å²) in [6.45, 7) is 6.08. The van der Waals surface area contributed by atoms with E-state index >= 15 is 0 Å². The lowest BCUT2D eigenvalue weighted by molar-refractivity contribution is -0.110. The smallest absolute Gasteiger partial charge is 0.332 e. The van der Waals surface area contributed by atoms with Crippen molar-refractivity contribution < 1.29 is 14.6 Å². The van der Waals surface area contributed by atoms with Gasteiger partial charge in [0.25, 0.3) is 5.56 Å². The molecule has 192 valence electrons. The van der Waals surface area contributed by atoms with E-state index in [2.05, 4.69) is 10.3 Å². The fourth-order valence-corrected chi connectivity index (χ4v) is 4.25.